The van der Waals surface area contributed by atoms with Crippen LogP contribution < -0.4 is 0 Å². The van der Waals surface area contributed by atoms with E-state index in [2.05, 4.69) is 164 Å². The third-order valence-corrected chi connectivity index (χ3v) is 14.4. The van der Waals surface area contributed by atoms with Gasteiger partial charge in [-0.3, -0.25) is 4.98 Å². The maximum Gasteiger partial charge on any atom is 0.227 e. The molecule has 0 unspecified atom stereocenters. The number of oxazole rings is 2. The smallest absolute Gasteiger partial charge is 0.227 e. The van der Waals surface area contributed by atoms with Gasteiger partial charge in [-0.2, -0.15) is 0 Å². The summed E-state index contributed by atoms with van der Waals surface area (Å²) in [5, 5.41) is 15.1. The molecule has 0 spiro atoms. The van der Waals surface area contributed by atoms with E-state index in [0.717, 1.165) is 98.8 Å². The molecular weight excluding hydrogens is 855 g/mol. The minimum Gasteiger partial charge on any atom is -0.436 e. The van der Waals surface area contributed by atoms with E-state index in [1.165, 1.54) is 43.4 Å². The van der Waals surface area contributed by atoms with Crippen molar-refractivity contribution in [2.45, 2.75) is 0 Å². The molecule has 0 atom stereocenters. The van der Waals surface area contributed by atoms with Crippen LogP contribution in [0.2, 0.25) is 0 Å². The first kappa shape index (κ1) is 38.6. The highest BCUT2D eigenvalue weighted by atomic mass is 16.4. The fraction of sp³-hybridized carbons (Fsp3) is 0. The third-order valence-electron chi connectivity index (χ3n) is 14.4. The topological polar surface area (TPSA) is 65.0 Å². The lowest BCUT2D eigenvalue weighted by atomic mass is 9.87. The molecule has 0 N–H and O–H groups in total. The summed E-state index contributed by atoms with van der Waals surface area (Å²) in [6, 6.07) is 77.8. The Morgan fingerprint density at radius 2 is 0.700 bits per heavy atom. The van der Waals surface area contributed by atoms with Crippen LogP contribution in [0.4, 0.5) is 0 Å². The van der Waals surface area contributed by atoms with E-state index in [-0.39, 0.29) is 0 Å². The van der Waals surface area contributed by atoms with Gasteiger partial charge in [0.1, 0.15) is 11.0 Å². The maximum atomic E-state index is 6.67. The standard InChI is InChI=1S/C65H37N3O2/c1-2-13-38(14-3-1)42-30-31-43(63-51(42)19-12-32-66-63)39-24-27-48-44-15-4-5-16-45(44)49-28-25-40(34-55(49)54(48)33-39)52-36-56-50-29-26-41(64-67-59-20-8-10-22-61(59)69-64)35-53(50)46-17-6-7-18-47(46)57(56)37-58(52)65-68-60-21-9-11-23-62(60)70-65/h1-37H. The van der Waals surface area contributed by atoms with Crippen LogP contribution in [0.5, 0.6) is 0 Å². The van der Waals surface area contributed by atoms with Crippen LogP contribution >= 0.6 is 0 Å². The number of para-hydroxylation sites is 4. The Morgan fingerprint density at radius 1 is 0.257 bits per heavy atom. The second-order valence-electron chi connectivity index (χ2n) is 18.2. The summed E-state index contributed by atoms with van der Waals surface area (Å²) in [6.07, 6.45) is 1.90. The minimum atomic E-state index is 0.581. The van der Waals surface area contributed by atoms with Crippen molar-refractivity contribution < 1.29 is 8.83 Å². The van der Waals surface area contributed by atoms with Gasteiger partial charge in [0.15, 0.2) is 11.2 Å². The largest absolute Gasteiger partial charge is 0.436 e. The van der Waals surface area contributed by atoms with Crippen molar-refractivity contribution in [2.75, 3.05) is 0 Å². The Labute approximate surface area is 400 Å². The van der Waals surface area contributed by atoms with Gasteiger partial charge in [0.2, 0.25) is 11.8 Å². The predicted octanol–water partition coefficient (Wildman–Crippen LogP) is 17.8. The van der Waals surface area contributed by atoms with Crippen LogP contribution in [0.15, 0.2) is 233 Å². The number of hydrogen-bond donors (Lipinski definition) is 0. The molecule has 3 heterocycles. The van der Waals surface area contributed by atoms with Crippen molar-refractivity contribution >= 4 is 97.7 Å². The molecule has 0 aliphatic heterocycles. The Morgan fingerprint density at radius 3 is 1.36 bits per heavy atom. The van der Waals surface area contributed by atoms with E-state index in [4.69, 9.17) is 23.8 Å². The molecule has 3 aromatic heterocycles. The number of nitrogens with zero attached hydrogens (tertiary/aromatic N) is 3. The molecule has 5 heteroatoms. The highest BCUT2D eigenvalue weighted by Gasteiger charge is 2.21. The lowest BCUT2D eigenvalue weighted by Gasteiger charge is -2.17. The van der Waals surface area contributed by atoms with Gasteiger partial charge < -0.3 is 8.83 Å². The van der Waals surface area contributed by atoms with Crippen LogP contribution in [0.3, 0.4) is 0 Å². The Hall–Kier alpha value is -9.45. The molecule has 0 amide bonds. The van der Waals surface area contributed by atoms with E-state index in [0.29, 0.717) is 11.8 Å². The molecule has 12 aromatic carbocycles. The second-order valence-corrected chi connectivity index (χ2v) is 18.2. The van der Waals surface area contributed by atoms with Gasteiger partial charge in [-0.15, -0.1) is 0 Å². The molecule has 5 nitrogen and oxygen atoms in total. The molecule has 0 aliphatic carbocycles. The first-order valence-electron chi connectivity index (χ1n) is 23.6. The van der Waals surface area contributed by atoms with Crippen LogP contribution in [0.1, 0.15) is 0 Å². The Kier molecular flexibility index (Phi) is 8.29. The molecule has 0 bridgehead atoms. The minimum absolute atomic E-state index is 0.581. The molecule has 70 heavy (non-hydrogen) atoms. The molecule has 0 radical (unpaired) electrons. The number of benzene rings is 12. The first-order valence-corrected chi connectivity index (χ1v) is 23.6. The van der Waals surface area contributed by atoms with Gasteiger partial charge >= 0.3 is 0 Å². The van der Waals surface area contributed by atoms with Crippen molar-refractivity contribution in [1.29, 1.82) is 0 Å². The molecule has 15 aromatic rings. The van der Waals surface area contributed by atoms with Gasteiger partial charge in [-0.25, -0.2) is 9.97 Å². The zero-order valence-electron chi connectivity index (χ0n) is 37.5. The molecule has 0 aliphatic rings. The van der Waals surface area contributed by atoms with E-state index in [9.17, 15) is 0 Å². The van der Waals surface area contributed by atoms with E-state index in [1.54, 1.807) is 0 Å². The van der Waals surface area contributed by atoms with E-state index >= 15 is 0 Å². The second kappa shape index (κ2) is 15.0. The van der Waals surface area contributed by atoms with Crippen LogP contribution in [0, 0.1) is 0 Å². The number of rotatable bonds is 5. The Bertz CT molecular complexity index is 4600. The predicted molar refractivity (Wildman–Crippen MR) is 289 cm³/mol. The van der Waals surface area contributed by atoms with Crippen LogP contribution in [-0.4, -0.2) is 15.0 Å². The summed E-state index contributed by atoms with van der Waals surface area (Å²) < 4.78 is 13.0. The molecule has 0 saturated heterocycles. The summed E-state index contributed by atoms with van der Waals surface area (Å²) in [6.45, 7) is 0. The van der Waals surface area contributed by atoms with Gasteiger partial charge in [0, 0.05) is 28.3 Å². The summed E-state index contributed by atoms with van der Waals surface area (Å²) in [7, 11) is 0. The number of fused-ring (bicyclic) bond motifs is 15. The van der Waals surface area contributed by atoms with Crippen molar-refractivity contribution in [3.05, 3.63) is 225 Å². The van der Waals surface area contributed by atoms with Crippen LogP contribution in [0.25, 0.3) is 154 Å². The maximum absolute atomic E-state index is 6.67. The van der Waals surface area contributed by atoms with Gasteiger partial charge in [0.25, 0.3) is 0 Å². The van der Waals surface area contributed by atoms with Gasteiger partial charge in [0.05, 0.1) is 5.52 Å². The monoisotopic (exact) mass is 891 g/mol. The van der Waals surface area contributed by atoms with Crippen LogP contribution in [-0.2, 0) is 0 Å². The molecular formula is C65H37N3O2. The summed E-state index contributed by atoms with van der Waals surface area (Å²) in [4.78, 5) is 15.0. The number of aromatic nitrogens is 3. The quantitative estimate of drug-likeness (QED) is 0.161. The fourth-order valence-corrected chi connectivity index (χ4v) is 11.1. The number of hydrogen-bond acceptors (Lipinski definition) is 5. The van der Waals surface area contributed by atoms with Crippen molar-refractivity contribution in [3.63, 3.8) is 0 Å². The lowest BCUT2D eigenvalue weighted by molar-refractivity contribution is 0.619. The fourth-order valence-electron chi connectivity index (χ4n) is 11.1. The summed E-state index contributed by atoms with van der Waals surface area (Å²) >= 11 is 0. The van der Waals surface area contributed by atoms with Gasteiger partial charge in [-0.1, -0.05) is 152 Å². The molecule has 15 rings (SSSR count). The highest BCUT2D eigenvalue weighted by molar-refractivity contribution is 6.29. The third kappa shape index (κ3) is 5.88. The van der Waals surface area contributed by atoms with E-state index in [1.807, 2.05) is 60.8 Å². The molecule has 0 fully saturated rings. The zero-order chi connectivity index (χ0) is 45.9. The number of pyridine rings is 1. The van der Waals surface area contributed by atoms with Crippen molar-refractivity contribution in [3.8, 4) is 56.3 Å². The SMILES string of the molecule is c1ccc(-c2ccc(-c3ccc4c5ccccc5c5ccc(-c6cc7c8ccc(-c9nc%10ccccc%10o9)cc8c8ccccc8c7cc6-c6nc7ccccc7o6)cc5c4c3)c3ncccc23)cc1. The van der Waals surface area contributed by atoms with Crippen molar-refractivity contribution in [2.24, 2.45) is 0 Å². The first-order chi connectivity index (χ1) is 34.7. The highest BCUT2D eigenvalue weighted by Crippen LogP contribution is 2.46. The lowest BCUT2D eigenvalue weighted by Crippen LogP contribution is -1.92. The average Bonchev–Trinajstić information content (AvgIpc) is 4.08. The summed E-state index contributed by atoms with van der Waals surface area (Å²) in [5.41, 5.74) is 12.7. The van der Waals surface area contributed by atoms with Crippen molar-refractivity contribution in [1.82, 2.24) is 15.0 Å². The van der Waals surface area contributed by atoms with Gasteiger partial charge in [-0.05, 0) is 159 Å². The normalized spacial score (nSPS) is 12.0. The van der Waals surface area contributed by atoms with E-state index < -0.39 is 0 Å². The average molecular weight is 892 g/mol. The molecule has 324 valence electrons. The molecule has 0 saturated carbocycles. The summed E-state index contributed by atoms with van der Waals surface area (Å²) in [5.74, 6) is 1.18. The zero-order valence-corrected chi connectivity index (χ0v) is 37.5. The Balaban J connectivity index is 0.994.